The van der Waals surface area contributed by atoms with Crippen LogP contribution in [0.1, 0.15) is 49.5 Å². The van der Waals surface area contributed by atoms with Gasteiger partial charge in [0.2, 0.25) is 5.91 Å². The number of carbonyl (C=O) groups is 4. The van der Waals surface area contributed by atoms with Crippen molar-refractivity contribution in [1.29, 1.82) is 5.41 Å². The van der Waals surface area contributed by atoms with Crippen LogP contribution in [0, 0.1) is 5.41 Å². The summed E-state index contributed by atoms with van der Waals surface area (Å²) >= 11 is 0. The Balaban J connectivity index is 1.92. The lowest BCUT2D eigenvalue weighted by Gasteiger charge is -2.33. The third kappa shape index (κ3) is 10.1. The second-order valence-electron chi connectivity index (χ2n) is 8.95. The number of nitrogens with zero attached hydrogens (tertiary/aromatic N) is 2. The van der Waals surface area contributed by atoms with E-state index in [1.807, 2.05) is 0 Å². The van der Waals surface area contributed by atoms with Crippen molar-refractivity contribution in [3.8, 4) is 0 Å². The zero-order chi connectivity index (χ0) is 28.1. The zero-order valence-corrected chi connectivity index (χ0v) is 22.5. The van der Waals surface area contributed by atoms with Gasteiger partial charge in [-0.25, -0.2) is 9.59 Å². The maximum atomic E-state index is 13.2. The molecule has 1 saturated heterocycles. The van der Waals surface area contributed by atoms with Crippen LogP contribution >= 0.6 is 0 Å². The summed E-state index contributed by atoms with van der Waals surface area (Å²) < 4.78 is 20.6. The summed E-state index contributed by atoms with van der Waals surface area (Å²) in [6.45, 7) is 6.56. The number of benzene rings is 1. The Kier molecular flexibility index (Phi) is 12.7. The van der Waals surface area contributed by atoms with Gasteiger partial charge in [0.05, 0.1) is 25.4 Å². The topological polar surface area (TPSA) is 148 Å². The van der Waals surface area contributed by atoms with Crippen LogP contribution in [0.3, 0.4) is 0 Å². The van der Waals surface area contributed by atoms with E-state index in [1.165, 1.54) is 24.1 Å². The molecule has 38 heavy (non-hydrogen) atoms. The highest BCUT2D eigenvalue weighted by molar-refractivity contribution is 6.05. The number of methoxy groups -OCH3 is 1. The molecule has 0 aromatic heterocycles. The molecule has 1 aromatic rings. The Labute approximate surface area is 223 Å². The second-order valence-corrected chi connectivity index (χ2v) is 8.95. The van der Waals surface area contributed by atoms with Gasteiger partial charge in [-0.2, -0.15) is 0 Å². The van der Waals surface area contributed by atoms with Crippen LogP contribution in [0.4, 0.5) is 4.79 Å². The quantitative estimate of drug-likeness (QED) is 0.234. The highest BCUT2D eigenvalue weighted by Crippen LogP contribution is 2.15. The van der Waals surface area contributed by atoms with Gasteiger partial charge in [-0.1, -0.05) is 12.1 Å². The van der Waals surface area contributed by atoms with Gasteiger partial charge < -0.3 is 28.7 Å². The van der Waals surface area contributed by atoms with Gasteiger partial charge in [0.1, 0.15) is 19.0 Å². The monoisotopic (exact) mass is 534 g/mol. The Morgan fingerprint density at radius 3 is 2.32 bits per heavy atom. The number of nitrogens with one attached hydrogen (secondary N) is 2. The van der Waals surface area contributed by atoms with Gasteiger partial charge in [-0.05, 0) is 45.7 Å². The second kappa shape index (κ2) is 15.7. The largest absolute Gasteiger partial charge is 0.461 e. The molecule has 1 aromatic carbocycles. The first-order chi connectivity index (χ1) is 18.1. The van der Waals surface area contributed by atoms with Crippen LogP contribution < -0.4 is 5.32 Å². The molecular formula is C26H38N4O8. The van der Waals surface area contributed by atoms with Gasteiger partial charge >= 0.3 is 12.1 Å². The fraction of sp³-hybridized carbons (Fsp3) is 0.577. The van der Waals surface area contributed by atoms with E-state index in [-0.39, 0.29) is 62.8 Å². The number of carbonyl (C=O) groups excluding carboxylic acids is 4. The first-order valence-electron chi connectivity index (χ1n) is 12.6. The molecule has 2 rings (SSSR count). The number of likely N-dealkylation sites (tertiary alicyclic amines) is 1. The molecular weight excluding hydrogens is 496 g/mol. The SMILES string of the molecule is CCOC(=O)NC(=N)c1ccc(C(=O)N(CCOC)CC(=O)N2CCC(OCC(=O)OC(C)C)CC2)cc1. The minimum Gasteiger partial charge on any atom is -0.461 e. The minimum absolute atomic E-state index is 0.115. The Hall–Kier alpha value is -3.51. The van der Waals surface area contributed by atoms with Crippen molar-refractivity contribution >= 4 is 29.7 Å². The molecule has 1 aliphatic rings. The van der Waals surface area contributed by atoms with E-state index >= 15 is 0 Å². The lowest BCUT2D eigenvalue weighted by Crippen LogP contribution is -2.47. The molecule has 0 atom stereocenters. The zero-order valence-electron chi connectivity index (χ0n) is 22.5. The first kappa shape index (κ1) is 30.7. The minimum atomic E-state index is -0.730. The van der Waals surface area contributed by atoms with Crippen LogP contribution in [0.25, 0.3) is 0 Å². The lowest BCUT2D eigenvalue weighted by atomic mass is 10.1. The van der Waals surface area contributed by atoms with E-state index in [0.29, 0.717) is 37.1 Å². The molecule has 0 saturated carbocycles. The number of ether oxygens (including phenoxy) is 4. The molecule has 0 spiro atoms. The highest BCUT2D eigenvalue weighted by atomic mass is 16.6. The van der Waals surface area contributed by atoms with Gasteiger partial charge in [0.15, 0.2) is 0 Å². The fourth-order valence-corrected chi connectivity index (χ4v) is 3.78. The molecule has 0 aliphatic carbocycles. The third-order valence-corrected chi connectivity index (χ3v) is 5.70. The maximum Gasteiger partial charge on any atom is 0.412 e. The van der Waals surface area contributed by atoms with Crippen LogP contribution in [-0.4, -0.2) is 105 Å². The highest BCUT2D eigenvalue weighted by Gasteiger charge is 2.27. The number of rotatable bonds is 12. The number of amidine groups is 1. The summed E-state index contributed by atoms with van der Waals surface area (Å²) in [7, 11) is 1.52. The van der Waals surface area contributed by atoms with Crippen molar-refractivity contribution in [2.24, 2.45) is 0 Å². The summed E-state index contributed by atoms with van der Waals surface area (Å²) in [6.07, 6.45) is 0.0979. The Morgan fingerprint density at radius 1 is 1.11 bits per heavy atom. The standard InChI is InChI=1S/C26H38N4O8/c1-5-36-26(34)28-24(27)19-6-8-20(9-7-19)25(33)30(14-15-35-4)16-22(31)29-12-10-21(11-13-29)37-17-23(32)38-18(2)3/h6-9,18,21H,5,10-17H2,1-4H3,(H2,27,28,34). The Morgan fingerprint density at radius 2 is 1.74 bits per heavy atom. The number of piperidine rings is 1. The summed E-state index contributed by atoms with van der Waals surface area (Å²) in [4.78, 5) is 52.5. The average Bonchev–Trinajstić information content (AvgIpc) is 2.89. The predicted molar refractivity (Wildman–Crippen MR) is 138 cm³/mol. The van der Waals surface area contributed by atoms with Crippen molar-refractivity contribution in [3.63, 3.8) is 0 Å². The van der Waals surface area contributed by atoms with Gasteiger partial charge in [-0.3, -0.25) is 20.3 Å². The summed E-state index contributed by atoms with van der Waals surface area (Å²) in [5.41, 5.74) is 0.735. The normalized spacial score (nSPS) is 13.7. The van der Waals surface area contributed by atoms with Gasteiger partial charge in [0, 0.05) is 37.9 Å². The van der Waals surface area contributed by atoms with Crippen molar-refractivity contribution in [3.05, 3.63) is 35.4 Å². The molecule has 3 amide bonds. The maximum absolute atomic E-state index is 13.2. The van der Waals surface area contributed by atoms with Crippen molar-refractivity contribution in [2.75, 3.05) is 53.1 Å². The third-order valence-electron chi connectivity index (χ3n) is 5.70. The molecule has 0 unspecified atom stereocenters. The lowest BCUT2D eigenvalue weighted by molar-refractivity contribution is -0.156. The molecule has 12 heteroatoms. The van der Waals surface area contributed by atoms with E-state index in [2.05, 4.69) is 5.32 Å². The van der Waals surface area contributed by atoms with Crippen molar-refractivity contribution in [2.45, 2.75) is 45.8 Å². The molecule has 12 nitrogen and oxygen atoms in total. The number of esters is 1. The molecule has 210 valence electrons. The Bertz CT molecular complexity index is 958. The van der Waals surface area contributed by atoms with Gasteiger partial charge in [-0.15, -0.1) is 0 Å². The first-order valence-corrected chi connectivity index (χ1v) is 12.6. The van der Waals surface area contributed by atoms with E-state index in [0.717, 1.165) is 0 Å². The number of amides is 3. The van der Waals surface area contributed by atoms with Crippen LogP contribution in [0.15, 0.2) is 24.3 Å². The molecule has 1 aliphatic heterocycles. The number of alkyl carbamates (subject to hydrolysis) is 1. The molecule has 2 N–H and O–H groups in total. The number of hydrogen-bond acceptors (Lipinski definition) is 9. The van der Waals surface area contributed by atoms with Crippen LogP contribution in [0.2, 0.25) is 0 Å². The van der Waals surface area contributed by atoms with Crippen molar-refractivity contribution in [1.82, 2.24) is 15.1 Å². The number of hydrogen-bond donors (Lipinski definition) is 2. The smallest absolute Gasteiger partial charge is 0.412 e. The predicted octanol–water partition coefficient (Wildman–Crippen LogP) is 1.81. The van der Waals surface area contributed by atoms with E-state index < -0.39 is 12.1 Å². The summed E-state index contributed by atoms with van der Waals surface area (Å²) in [5.74, 6) is -1.11. The average molecular weight is 535 g/mol. The molecule has 1 heterocycles. The van der Waals surface area contributed by atoms with E-state index in [4.69, 9.17) is 24.4 Å². The van der Waals surface area contributed by atoms with Crippen molar-refractivity contribution < 1.29 is 38.1 Å². The van der Waals surface area contributed by atoms with Crippen LogP contribution in [0.5, 0.6) is 0 Å². The van der Waals surface area contributed by atoms with E-state index in [9.17, 15) is 19.2 Å². The summed E-state index contributed by atoms with van der Waals surface area (Å²) in [5, 5.41) is 10.3. The van der Waals surface area contributed by atoms with Gasteiger partial charge in [0.25, 0.3) is 5.91 Å². The van der Waals surface area contributed by atoms with E-state index in [1.54, 1.807) is 37.8 Å². The molecule has 0 bridgehead atoms. The fourth-order valence-electron chi connectivity index (χ4n) is 3.78. The molecule has 1 fully saturated rings. The summed E-state index contributed by atoms with van der Waals surface area (Å²) in [6, 6.07) is 6.16. The molecule has 0 radical (unpaired) electrons. The van der Waals surface area contributed by atoms with Crippen LogP contribution in [-0.2, 0) is 28.5 Å².